The molecule has 30 heavy (non-hydrogen) atoms. The van der Waals surface area contributed by atoms with E-state index in [9.17, 15) is 19.5 Å². The van der Waals surface area contributed by atoms with Gasteiger partial charge < -0.3 is 24.1 Å². The Labute approximate surface area is 172 Å². The SMILES string of the molecule is COc1nc(C(=O)N2CC3(CCN(C(=O)c4ccoc4)CC3)CC2C(=O)O)nn1C. The lowest BCUT2D eigenvalue weighted by molar-refractivity contribution is -0.141. The molecule has 2 aromatic heterocycles. The number of furan rings is 1. The lowest BCUT2D eigenvalue weighted by Gasteiger charge is -2.39. The van der Waals surface area contributed by atoms with E-state index in [4.69, 9.17) is 9.15 Å². The highest BCUT2D eigenvalue weighted by atomic mass is 16.5. The summed E-state index contributed by atoms with van der Waals surface area (Å²) in [7, 11) is 3.01. The van der Waals surface area contributed by atoms with Gasteiger partial charge in [0.15, 0.2) is 0 Å². The molecule has 0 aromatic carbocycles. The summed E-state index contributed by atoms with van der Waals surface area (Å²) in [5, 5.41) is 13.8. The number of amides is 2. The third-order valence-corrected chi connectivity index (χ3v) is 6.03. The summed E-state index contributed by atoms with van der Waals surface area (Å²) < 4.78 is 11.4. The first-order chi connectivity index (χ1) is 14.3. The molecule has 0 saturated carbocycles. The van der Waals surface area contributed by atoms with E-state index in [0.717, 1.165) is 0 Å². The van der Waals surface area contributed by atoms with Crippen LogP contribution in [-0.4, -0.2) is 80.2 Å². The Kier molecular flexibility index (Phi) is 4.96. The van der Waals surface area contributed by atoms with Gasteiger partial charge in [0.25, 0.3) is 11.8 Å². The largest absolute Gasteiger partial charge is 0.480 e. The summed E-state index contributed by atoms with van der Waals surface area (Å²) in [5.41, 5.74) is 0.137. The Morgan fingerprint density at radius 3 is 2.57 bits per heavy atom. The molecule has 2 aromatic rings. The van der Waals surface area contributed by atoms with E-state index in [-0.39, 0.29) is 29.7 Å². The maximum absolute atomic E-state index is 13.0. The van der Waals surface area contributed by atoms with Gasteiger partial charge in [-0.15, -0.1) is 5.10 Å². The summed E-state index contributed by atoms with van der Waals surface area (Å²) in [6.07, 6.45) is 4.44. The molecule has 4 heterocycles. The first-order valence-corrected chi connectivity index (χ1v) is 9.64. The van der Waals surface area contributed by atoms with Crippen LogP contribution in [0.3, 0.4) is 0 Å². The molecule has 0 aliphatic carbocycles. The Bertz CT molecular complexity index is 960. The van der Waals surface area contributed by atoms with Crippen LogP contribution in [0.2, 0.25) is 0 Å². The fourth-order valence-electron chi connectivity index (χ4n) is 4.37. The number of hydrogen-bond acceptors (Lipinski definition) is 7. The minimum Gasteiger partial charge on any atom is -0.480 e. The topological polar surface area (TPSA) is 131 Å². The minimum atomic E-state index is -1.06. The number of rotatable bonds is 4. The van der Waals surface area contributed by atoms with Gasteiger partial charge in [-0.2, -0.15) is 4.98 Å². The van der Waals surface area contributed by atoms with Gasteiger partial charge >= 0.3 is 12.0 Å². The number of aliphatic carboxylic acids is 1. The minimum absolute atomic E-state index is 0.0924. The highest BCUT2D eigenvalue weighted by Gasteiger charge is 2.51. The van der Waals surface area contributed by atoms with Crippen molar-refractivity contribution in [2.75, 3.05) is 26.7 Å². The van der Waals surface area contributed by atoms with Crippen molar-refractivity contribution in [1.29, 1.82) is 0 Å². The predicted molar refractivity (Wildman–Crippen MR) is 101 cm³/mol. The van der Waals surface area contributed by atoms with Crippen molar-refractivity contribution in [3.63, 3.8) is 0 Å². The summed E-state index contributed by atoms with van der Waals surface area (Å²) >= 11 is 0. The van der Waals surface area contributed by atoms with Crippen LogP contribution in [0.1, 0.15) is 40.2 Å². The average Bonchev–Trinajstić information content (AvgIpc) is 3.46. The van der Waals surface area contributed by atoms with Gasteiger partial charge in [-0.25, -0.2) is 9.48 Å². The first kappa shape index (κ1) is 19.9. The van der Waals surface area contributed by atoms with Gasteiger partial charge in [0, 0.05) is 26.7 Å². The van der Waals surface area contributed by atoms with Crippen LogP contribution < -0.4 is 4.74 Å². The maximum Gasteiger partial charge on any atom is 0.326 e. The van der Waals surface area contributed by atoms with Gasteiger partial charge in [-0.3, -0.25) is 9.59 Å². The number of piperidine rings is 1. The van der Waals surface area contributed by atoms with E-state index in [1.807, 2.05) is 0 Å². The van der Waals surface area contributed by atoms with Gasteiger partial charge in [0.2, 0.25) is 5.82 Å². The monoisotopic (exact) mass is 417 g/mol. The van der Waals surface area contributed by atoms with E-state index in [1.54, 1.807) is 18.0 Å². The molecule has 11 heteroatoms. The van der Waals surface area contributed by atoms with Crippen LogP contribution in [0.4, 0.5) is 0 Å². The van der Waals surface area contributed by atoms with E-state index in [2.05, 4.69) is 10.1 Å². The van der Waals surface area contributed by atoms with Gasteiger partial charge in [-0.1, -0.05) is 0 Å². The number of carboxylic acids is 1. The zero-order valence-corrected chi connectivity index (χ0v) is 16.8. The average molecular weight is 417 g/mol. The number of aryl methyl sites for hydroxylation is 1. The second-order valence-corrected chi connectivity index (χ2v) is 7.84. The lowest BCUT2D eigenvalue weighted by atomic mass is 9.76. The van der Waals surface area contributed by atoms with Crippen LogP contribution >= 0.6 is 0 Å². The molecule has 2 aliphatic rings. The van der Waals surface area contributed by atoms with Gasteiger partial charge in [0.1, 0.15) is 12.3 Å². The molecule has 1 N–H and O–H groups in total. The Morgan fingerprint density at radius 1 is 1.27 bits per heavy atom. The normalized spacial score (nSPS) is 20.5. The fraction of sp³-hybridized carbons (Fsp3) is 0.526. The van der Waals surface area contributed by atoms with Crippen LogP contribution in [0.15, 0.2) is 23.0 Å². The van der Waals surface area contributed by atoms with Crippen molar-refractivity contribution >= 4 is 17.8 Å². The molecular formula is C19H23N5O6. The Hall–Kier alpha value is -3.37. The molecule has 1 spiro atoms. The number of hydrogen-bond donors (Lipinski definition) is 1. The van der Waals surface area contributed by atoms with Crippen LogP contribution in [0.5, 0.6) is 6.01 Å². The molecule has 0 radical (unpaired) electrons. The molecule has 2 aliphatic heterocycles. The Balaban J connectivity index is 1.49. The number of carbonyl (C=O) groups excluding carboxylic acids is 2. The van der Waals surface area contributed by atoms with Crippen molar-refractivity contribution in [2.24, 2.45) is 12.5 Å². The van der Waals surface area contributed by atoms with Crippen LogP contribution in [-0.2, 0) is 11.8 Å². The van der Waals surface area contributed by atoms with E-state index in [0.29, 0.717) is 37.9 Å². The number of methoxy groups -OCH3 is 1. The van der Waals surface area contributed by atoms with Gasteiger partial charge in [-0.05, 0) is 30.7 Å². The highest BCUT2D eigenvalue weighted by molar-refractivity contribution is 5.94. The summed E-state index contributed by atoms with van der Waals surface area (Å²) in [6.45, 7) is 1.28. The number of ether oxygens (including phenoxy) is 1. The highest BCUT2D eigenvalue weighted by Crippen LogP contribution is 2.44. The third-order valence-electron chi connectivity index (χ3n) is 6.03. The summed E-state index contributed by atoms with van der Waals surface area (Å²) in [4.78, 5) is 44.5. The van der Waals surface area contributed by atoms with Crippen LogP contribution in [0.25, 0.3) is 0 Å². The second-order valence-electron chi connectivity index (χ2n) is 7.84. The number of likely N-dealkylation sites (tertiary alicyclic amines) is 2. The van der Waals surface area contributed by atoms with Crippen molar-refractivity contribution in [3.05, 3.63) is 30.0 Å². The number of nitrogens with zero attached hydrogens (tertiary/aromatic N) is 5. The van der Waals surface area contributed by atoms with Crippen molar-refractivity contribution in [3.8, 4) is 6.01 Å². The maximum atomic E-state index is 13.0. The number of carboxylic acid groups (broad SMARTS) is 1. The Morgan fingerprint density at radius 2 is 2.00 bits per heavy atom. The van der Waals surface area contributed by atoms with Crippen molar-refractivity contribution < 1.29 is 28.6 Å². The number of carbonyl (C=O) groups is 3. The predicted octanol–water partition coefficient (Wildman–Crippen LogP) is 0.638. The zero-order chi connectivity index (χ0) is 21.5. The molecular weight excluding hydrogens is 394 g/mol. The number of aromatic nitrogens is 3. The molecule has 11 nitrogen and oxygen atoms in total. The molecule has 2 fully saturated rings. The molecule has 1 atom stereocenters. The van der Waals surface area contributed by atoms with Crippen molar-refractivity contribution in [2.45, 2.75) is 25.3 Å². The molecule has 160 valence electrons. The second kappa shape index (κ2) is 7.47. The summed E-state index contributed by atoms with van der Waals surface area (Å²) in [6, 6.07) is 0.839. The molecule has 2 saturated heterocycles. The molecule has 4 rings (SSSR count). The first-order valence-electron chi connectivity index (χ1n) is 9.64. The van der Waals surface area contributed by atoms with Crippen molar-refractivity contribution in [1.82, 2.24) is 24.6 Å². The van der Waals surface area contributed by atoms with E-state index < -0.39 is 17.9 Å². The molecule has 0 bridgehead atoms. The molecule has 2 amide bonds. The lowest BCUT2D eigenvalue weighted by Crippen LogP contribution is -2.45. The standard InChI is InChI=1S/C19H23N5O6/c1-22-18(29-2)20-14(21-22)16(26)24-11-19(9-13(24)17(27)28)4-6-23(7-5-19)15(25)12-3-8-30-10-12/h3,8,10,13H,4-7,9,11H2,1-2H3,(H,27,28). The fourth-order valence-corrected chi connectivity index (χ4v) is 4.37. The third kappa shape index (κ3) is 3.40. The van der Waals surface area contributed by atoms with Crippen LogP contribution in [0, 0.1) is 5.41 Å². The van der Waals surface area contributed by atoms with Gasteiger partial charge in [0.05, 0.1) is 18.9 Å². The van der Waals surface area contributed by atoms with E-state index in [1.165, 1.54) is 29.2 Å². The quantitative estimate of drug-likeness (QED) is 0.767. The smallest absolute Gasteiger partial charge is 0.326 e. The summed E-state index contributed by atoms with van der Waals surface area (Å²) in [5.74, 6) is -1.79. The molecule has 1 unspecified atom stereocenters. The zero-order valence-electron chi connectivity index (χ0n) is 16.8. The van der Waals surface area contributed by atoms with E-state index >= 15 is 0 Å².